The Balaban J connectivity index is 1.67. The van der Waals surface area contributed by atoms with Gasteiger partial charge in [0.15, 0.2) is 0 Å². The summed E-state index contributed by atoms with van der Waals surface area (Å²) in [5, 5.41) is 0. The van der Waals surface area contributed by atoms with Crippen molar-refractivity contribution in [3.63, 3.8) is 0 Å². The largest absolute Gasteiger partial charge is 0.303 e. The van der Waals surface area contributed by atoms with E-state index < -0.39 is 0 Å². The number of piperidine rings is 1. The second-order valence-electron chi connectivity index (χ2n) is 8.68. The van der Waals surface area contributed by atoms with Crippen LogP contribution in [-0.2, 0) is 12.8 Å². The van der Waals surface area contributed by atoms with Gasteiger partial charge >= 0.3 is 0 Å². The molecule has 1 nitrogen and oxygen atoms in total. The molecule has 0 amide bonds. The molecule has 1 heteroatoms. The Kier molecular flexibility index (Phi) is 7.81. The van der Waals surface area contributed by atoms with Gasteiger partial charge < -0.3 is 4.90 Å². The molecule has 0 N–H and O–H groups in total. The molecule has 0 bridgehead atoms. The first-order valence-electron chi connectivity index (χ1n) is 10.3. The lowest BCUT2D eigenvalue weighted by atomic mass is 9.85. The highest BCUT2D eigenvalue weighted by atomic mass is 15.1. The second-order valence-corrected chi connectivity index (χ2v) is 8.68. The Hall–Kier alpha value is -0.820. The van der Waals surface area contributed by atoms with Crippen LogP contribution in [0.4, 0.5) is 0 Å². The Morgan fingerprint density at radius 2 is 1.62 bits per heavy atom. The molecule has 0 aromatic heterocycles. The molecule has 1 aliphatic rings. The van der Waals surface area contributed by atoms with Crippen LogP contribution in [0.15, 0.2) is 24.3 Å². The third kappa shape index (κ3) is 6.59. The molecule has 0 spiro atoms. The first-order valence-corrected chi connectivity index (χ1v) is 10.3. The van der Waals surface area contributed by atoms with Gasteiger partial charge in [0.05, 0.1) is 0 Å². The van der Waals surface area contributed by atoms with Gasteiger partial charge in [-0.2, -0.15) is 0 Å². The van der Waals surface area contributed by atoms with Crippen molar-refractivity contribution in [2.45, 2.75) is 79.1 Å². The molecule has 1 heterocycles. The summed E-state index contributed by atoms with van der Waals surface area (Å²) < 4.78 is 0. The van der Waals surface area contributed by atoms with Crippen LogP contribution in [0, 0.1) is 11.3 Å². The zero-order chi connectivity index (χ0) is 17.4. The van der Waals surface area contributed by atoms with Crippen molar-refractivity contribution in [3.05, 3.63) is 35.4 Å². The molecule has 1 aliphatic heterocycles. The van der Waals surface area contributed by atoms with Crippen LogP contribution >= 0.6 is 0 Å². The minimum absolute atomic E-state index is 0.530. The molecule has 136 valence electrons. The molecule has 0 aliphatic carbocycles. The predicted octanol–water partition coefficient (Wildman–Crippen LogP) is 6.11. The lowest BCUT2D eigenvalue weighted by Crippen LogP contribution is -2.35. The third-order valence-corrected chi connectivity index (χ3v) is 6.08. The van der Waals surface area contributed by atoms with Crippen LogP contribution in [0.2, 0.25) is 0 Å². The van der Waals surface area contributed by atoms with Crippen molar-refractivity contribution in [2.24, 2.45) is 11.3 Å². The maximum atomic E-state index is 2.70. The number of nitrogens with zero attached hydrogens (tertiary/aromatic N) is 1. The van der Waals surface area contributed by atoms with E-state index in [0.717, 1.165) is 5.92 Å². The van der Waals surface area contributed by atoms with E-state index in [1.165, 1.54) is 82.1 Å². The fraction of sp³-hybridized carbons (Fsp3) is 0.739. The number of hydrogen-bond acceptors (Lipinski definition) is 1. The molecule has 2 rings (SSSR count). The van der Waals surface area contributed by atoms with Gasteiger partial charge in [0.1, 0.15) is 0 Å². The van der Waals surface area contributed by atoms with Crippen molar-refractivity contribution in [1.82, 2.24) is 4.90 Å². The summed E-state index contributed by atoms with van der Waals surface area (Å²) in [6.07, 6.45) is 10.5. The van der Waals surface area contributed by atoms with Gasteiger partial charge in [-0.3, -0.25) is 0 Å². The van der Waals surface area contributed by atoms with Crippen LogP contribution in [0.3, 0.4) is 0 Å². The maximum Gasteiger partial charge on any atom is -0.00160 e. The molecule has 1 fully saturated rings. The minimum atomic E-state index is 0.530. The predicted molar refractivity (Wildman–Crippen MR) is 107 cm³/mol. The molecule has 1 aromatic rings. The molecule has 1 aromatic carbocycles. The summed E-state index contributed by atoms with van der Waals surface area (Å²) in [5.41, 5.74) is 3.56. The fourth-order valence-corrected chi connectivity index (χ4v) is 3.84. The monoisotopic (exact) mass is 329 g/mol. The SMILES string of the molecule is CCCc1ccc(CC2CCN(CCCC(C)(C)CC)CC2)cc1. The molecule has 24 heavy (non-hydrogen) atoms. The Morgan fingerprint density at radius 3 is 2.21 bits per heavy atom. The summed E-state index contributed by atoms with van der Waals surface area (Å²) in [5.74, 6) is 0.894. The highest BCUT2D eigenvalue weighted by Crippen LogP contribution is 2.27. The Labute approximate surface area is 150 Å². The Morgan fingerprint density at radius 1 is 1.00 bits per heavy atom. The van der Waals surface area contributed by atoms with Crippen LogP contribution in [0.5, 0.6) is 0 Å². The zero-order valence-electron chi connectivity index (χ0n) is 16.6. The number of benzene rings is 1. The van der Waals surface area contributed by atoms with E-state index in [1.54, 1.807) is 0 Å². The fourth-order valence-electron chi connectivity index (χ4n) is 3.84. The summed E-state index contributed by atoms with van der Waals surface area (Å²) in [6.45, 7) is 13.3. The number of hydrogen-bond donors (Lipinski definition) is 0. The molecule has 0 saturated carbocycles. The average Bonchev–Trinajstić information content (AvgIpc) is 2.58. The van der Waals surface area contributed by atoms with Crippen molar-refractivity contribution < 1.29 is 0 Å². The Bertz CT molecular complexity index is 451. The van der Waals surface area contributed by atoms with E-state index in [0.29, 0.717) is 5.41 Å². The van der Waals surface area contributed by atoms with E-state index in [-0.39, 0.29) is 0 Å². The van der Waals surface area contributed by atoms with Gasteiger partial charge in [-0.1, -0.05) is 64.8 Å². The highest BCUT2D eigenvalue weighted by Gasteiger charge is 2.20. The highest BCUT2D eigenvalue weighted by molar-refractivity contribution is 5.23. The topological polar surface area (TPSA) is 3.24 Å². The summed E-state index contributed by atoms with van der Waals surface area (Å²) in [6, 6.07) is 9.40. The van der Waals surface area contributed by atoms with Crippen molar-refractivity contribution >= 4 is 0 Å². The van der Waals surface area contributed by atoms with Crippen LogP contribution in [-0.4, -0.2) is 24.5 Å². The first kappa shape index (κ1) is 19.5. The van der Waals surface area contributed by atoms with Gasteiger partial charge in [-0.05, 0) is 80.6 Å². The third-order valence-electron chi connectivity index (χ3n) is 6.08. The number of aryl methyl sites for hydroxylation is 1. The van der Waals surface area contributed by atoms with Crippen molar-refractivity contribution in [3.8, 4) is 0 Å². The summed E-state index contributed by atoms with van der Waals surface area (Å²) in [7, 11) is 0. The standard InChI is InChI=1S/C23H39N/c1-5-8-20-9-11-21(12-10-20)19-22-13-17-24(18-14-22)16-7-15-23(3,4)6-2/h9-12,22H,5-8,13-19H2,1-4H3. The van der Waals surface area contributed by atoms with Crippen LogP contribution in [0.1, 0.15) is 77.3 Å². The maximum absolute atomic E-state index is 2.70. The lowest BCUT2D eigenvalue weighted by Gasteiger charge is -2.33. The molecule has 0 radical (unpaired) electrons. The van der Waals surface area contributed by atoms with Crippen molar-refractivity contribution in [1.29, 1.82) is 0 Å². The number of likely N-dealkylation sites (tertiary alicyclic amines) is 1. The molecule has 0 atom stereocenters. The number of rotatable bonds is 9. The summed E-state index contributed by atoms with van der Waals surface area (Å²) >= 11 is 0. The summed E-state index contributed by atoms with van der Waals surface area (Å²) in [4.78, 5) is 2.70. The van der Waals surface area contributed by atoms with Gasteiger partial charge in [0.25, 0.3) is 0 Å². The van der Waals surface area contributed by atoms with E-state index in [9.17, 15) is 0 Å². The zero-order valence-corrected chi connectivity index (χ0v) is 16.6. The van der Waals surface area contributed by atoms with E-state index in [4.69, 9.17) is 0 Å². The first-order chi connectivity index (χ1) is 11.5. The molecule has 1 saturated heterocycles. The second kappa shape index (κ2) is 9.61. The van der Waals surface area contributed by atoms with Crippen molar-refractivity contribution in [2.75, 3.05) is 19.6 Å². The van der Waals surface area contributed by atoms with E-state index in [1.807, 2.05) is 0 Å². The van der Waals surface area contributed by atoms with Gasteiger partial charge in [-0.25, -0.2) is 0 Å². The van der Waals surface area contributed by atoms with Crippen LogP contribution in [0.25, 0.3) is 0 Å². The molecule has 0 unspecified atom stereocenters. The van der Waals surface area contributed by atoms with Gasteiger partial charge in [0, 0.05) is 0 Å². The lowest BCUT2D eigenvalue weighted by molar-refractivity contribution is 0.172. The average molecular weight is 330 g/mol. The minimum Gasteiger partial charge on any atom is -0.303 e. The smallest absolute Gasteiger partial charge is 0.00160 e. The molecular formula is C23H39N. The van der Waals surface area contributed by atoms with E-state index >= 15 is 0 Å². The van der Waals surface area contributed by atoms with Gasteiger partial charge in [-0.15, -0.1) is 0 Å². The van der Waals surface area contributed by atoms with Gasteiger partial charge in [0.2, 0.25) is 0 Å². The van der Waals surface area contributed by atoms with E-state index in [2.05, 4.69) is 56.9 Å². The van der Waals surface area contributed by atoms with Crippen LogP contribution < -0.4 is 0 Å². The molecular weight excluding hydrogens is 290 g/mol. The quantitative estimate of drug-likeness (QED) is 0.528. The normalized spacial score (nSPS) is 17.3.